The van der Waals surface area contributed by atoms with Gasteiger partial charge in [0, 0.05) is 4.88 Å². The average Bonchev–Trinajstić information content (AvgIpc) is 2.64. The fourth-order valence-corrected chi connectivity index (χ4v) is 3.45. The van der Waals surface area contributed by atoms with E-state index in [9.17, 15) is 0 Å². The lowest BCUT2D eigenvalue weighted by molar-refractivity contribution is 0.878. The summed E-state index contributed by atoms with van der Waals surface area (Å²) in [6.07, 6.45) is 0. The van der Waals surface area contributed by atoms with Gasteiger partial charge in [-0.1, -0.05) is 23.7 Å². The first-order valence-electron chi connectivity index (χ1n) is 5.98. The maximum Gasteiger partial charge on any atom is 0.0663 e. The summed E-state index contributed by atoms with van der Waals surface area (Å²) in [4.78, 5) is 1.06. The Kier molecular flexibility index (Phi) is 3.81. The predicted octanol–water partition coefficient (Wildman–Crippen LogP) is 4.68. The smallest absolute Gasteiger partial charge is 0.0663 e. The van der Waals surface area contributed by atoms with Gasteiger partial charge in [0.25, 0.3) is 0 Å². The van der Waals surface area contributed by atoms with Gasteiger partial charge in [-0.3, -0.25) is 0 Å². The third-order valence-electron chi connectivity index (χ3n) is 3.43. The van der Waals surface area contributed by atoms with E-state index in [4.69, 9.17) is 17.3 Å². The molecule has 2 rings (SSSR count). The van der Waals surface area contributed by atoms with Crippen LogP contribution in [-0.4, -0.2) is 0 Å². The lowest BCUT2D eigenvalue weighted by atomic mass is 9.95. The third kappa shape index (κ3) is 2.33. The van der Waals surface area contributed by atoms with Crippen molar-refractivity contribution in [2.45, 2.75) is 33.7 Å². The minimum absolute atomic E-state index is 0.129. The molecule has 0 radical (unpaired) electrons. The number of hydrogen-bond acceptors (Lipinski definition) is 2. The van der Waals surface area contributed by atoms with Crippen molar-refractivity contribution < 1.29 is 0 Å². The number of thiophene rings is 1. The fourth-order valence-electron chi connectivity index (χ4n) is 2.12. The highest BCUT2D eigenvalue weighted by molar-refractivity contribution is 7.10. The molecule has 0 saturated heterocycles. The molecule has 0 spiro atoms. The Morgan fingerprint density at radius 2 is 1.61 bits per heavy atom. The van der Waals surface area contributed by atoms with Crippen LogP contribution in [0.1, 0.15) is 38.7 Å². The van der Waals surface area contributed by atoms with Crippen LogP contribution in [-0.2, 0) is 0 Å². The Morgan fingerprint density at radius 1 is 1.00 bits per heavy atom. The quantitative estimate of drug-likeness (QED) is 0.848. The van der Waals surface area contributed by atoms with Crippen molar-refractivity contribution in [3.8, 4) is 0 Å². The summed E-state index contributed by atoms with van der Waals surface area (Å²) in [5.74, 6) is 0. The van der Waals surface area contributed by atoms with Crippen molar-refractivity contribution in [3.63, 3.8) is 0 Å². The Labute approximate surface area is 118 Å². The Morgan fingerprint density at radius 3 is 2.17 bits per heavy atom. The van der Waals surface area contributed by atoms with E-state index in [1.807, 2.05) is 6.92 Å². The number of nitrogens with two attached hydrogens (primary N) is 1. The van der Waals surface area contributed by atoms with Crippen molar-refractivity contribution in [2.24, 2.45) is 5.73 Å². The number of rotatable bonds is 2. The molecule has 1 heterocycles. The molecule has 1 atom stereocenters. The zero-order valence-corrected chi connectivity index (χ0v) is 12.7. The molecule has 96 valence electrons. The van der Waals surface area contributed by atoms with Crippen molar-refractivity contribution in [2.75, 3.05) is 0 Å². The maximum atomic E-state index is 6.38. The zero-order valence-electron chi connectivity index (χ0n) is 11.2. The summed E-state index contributed by atoms with van der Waals surface area (Å²) < 4.78 is 0. The number of benzene rings is 1. The van der Waals surface area contributed by atoms with Crippen molar-refractivity contribution >= 4 is 22.9 Å². The number of halogens is 1. The van der Waals surface area contributed by atoms with E-state index < -0.39 is 0 Å². The second-order valence-electron chi connectivity index (χ2n) is 4.87. The van der Waals surface area contributed by atoms with Crippen molar-refractivity contribution in [1.82, 2.24) is 0 Å². The fraction of sp³-hybridized carbons (Fsp3) is 0.333. The Balaban J connectivity index is 2.49. The van der Waals surface area contributed by atoms with Crippen LogP contribution in [0.5, 0.6) is 0 Å². The molecule has 2 aromatic rings. The van der Waals surface area contributed by atoms with E-state index >= 15 is 0 Å². The van der Waals surface area contributed by atoms with Crippen LogP contribution < -0.4 is 5.73 Å². The largest absolute Gasteiger partial charge is 0.320 e. The van der Waals surface area contributed by atoms with Crippen molar-refractivity contribution in [1.29, 1.82) is 0 Å². The highest BCUT2D eigenvalue weighted by Gasteiger charge is 2.18. The van der Waals surface area contributed by atoms with Gasteiger partial charge >= 0.3 is 0 Å². The van der Waals surface area contributed by atoms with E-state index in [1.165, 1.54) is 22.3 Å². The molecule has 1 unspecified atom stereocenters. The summed E-state index contributed by atoms with van der Waals surface area (Å²) in [7, 11) is 0. The molecule has 0 aliphatic heterocycles. The summed E-state index contributed by atoms with van der Waals surface area (Å²) in [6.45, 7) is 8.37. The highest BCUT2D eigenvalue weighted by Crippen LogP contribution is 2.35. The molecule has 0 aliphatic carbocycles. The van der Waals surface area contributed by atoms with Gasteiger partial charge < -0.3 is 5.73 Å². The van der Waals surface area contributed by atoms with Crippen LogP contribution >= 0.6 is 22.9 Å². The predicted molar refractivity (Wildman–Crippen MR) is 80.7 cm³/mol. The zero-order chi connectivity index (χ0) is 13.4. The summed E-state index contributed by atoms with van der Waals surface area (Å²) >= 11 is 7.95. The second kappa shape index (κ2) is 5.04. The summed E-state index contributed by atoms with van der Waals surface area (Å²) in [5, 5.41) is 2.87. The lowest BCUT2D eigenvalue weighted by Crippen LogP contribution is -2.13. The van der Waals surface area contributed by atoms with Crippen molar-refractivity contribution in [3.05, 3.63) is 55.2 Å². The molecular formula is C15H18ClNS. The maximum absolute atomic E-state index is 6.38. The molecule has 0 amide bonds. The van der Waals surface area contributed by atoms with E-state index in [0.717, 1.165) is 15.5 Å². The molecule has 0 saturated carbocycles. The van der Waals surface area contributed by atoms with Gasteiger partial charge in [-0.05, 0) is 60.9 Å². The average molecular weight is 280 g/mol. The minimum Gasteiger partial charge on any atom is -0.320 e. The molecule has 18 heavy (non-hydrogen) atoms. The first-order chi connectivity index (χ1) is 8.41. The number of hydrogen-bond donors (Lipinski definition) is 1. The van der Waals surface area contributed by atoms with Gasteiger partial charge in [-0.2, -0.15) is 0 Å². The SMILES string of the molecule is Cc1cc(C)c(C(N)c2scc(C)c2Cl)cc1C. The molecular weight excluding hydrogens is 262 g/mol. The first-order valence-corrected chi connectivity index (χ1v) is 7.24. The third-order valence-corrected chi connectivity index (χ3v) is 5.22. The molecule has 1 aromatic heterocycles. The van der Waals surface area contributed by atoms with Crippen LogP contribution in [0.2, 0.25) is 5.02 Å². The number of aryl methyl sites for hydroxylation is 4. The van der Waals surface area contributed by atoms with E-state index in [2.05, 4.69) is 38.3 Å². The van der Waals surface area contributed by atoms with Crippen LogP contribution in [0.25, 0.3) is 0 Å². The molecule has 0 bridgehead atoms. The Bertz CT molecular complexity index is 586. The van der Waals surface area contributed by atoms with Crippen LogP contribution in [0.15, 0.2) is 17.5 Å². The van der Waals surface area contributed by atoms with E-state index in [1.54, 1.807) is 11.3 Å². The van der Waals surface area contributed by atoms with Gasteiger partial charge in [-0.25, -0.2) is 0 Å². The van der Waals surface area contributed by atoms with Crippen LogP contribution in [0.3, 0.4) is 0 Å². The molecule has 1 aromatic carbocycles. The summed E-state index contributed by atoms with van der Waals surface area (Å²) in [5.41, 5.74) is 12.5. The lowest BCUT2D eigenvalue weighted by Gasteiger charge is -2.16. The molecule has 3 heteroatoms. The second-order valence-corrected chi connectivity index (χ2v) is 6.16. The first kappa shape index (κ1) is 13.6. The van der Waals surface area contributed by atoms with Gasteiger partial charge in [0.2, 0.25) is 0 Å². The van der Waals surface area contributed by atoms with Crippen LogP contribution in [0, 0.1) is 27.7 Å². The topological polar surface area (TPSA) is 26.0 Å². The van der Waals surface area contributed by atoms with Gasteiger partial charge in [0.05, 0.1) is 11.1 Å². The van der Waals surface area contributed by atoms with Gasteiger partial charge in [-0.15, -0.1) is 11.3 Å². The molecule has 2 N–H and O–H groups in total. The normalized spacial score (nSPS) is 12.8. The van der Waals surface area contributed by atoms with Gasteiger partial charge in [0.1, 0.15) is 0 Å². The monoisotopic (exact) mass is 279 g/mol. The highest BCUT2D eigenvalue weighted by atomic mass is 35.5. The minimum atomic E-state index is -0.129. The molecule has 0 aliphatic rings. The summed E-state index contributed by atoms with van der Waals surface area (Å²) in [6, 6.07) is 4.25. The van der Waals surface area contributed by atoms with Gasteiger partial charge in [0.15, 0.2) is 0 Å². The van der Waals surface area contributed by atoms with E-state index in [0.29, 0.717) is 0 Å². The molecule has 0 fully saturated rings. The standard InChI is InChI=1S/C15H18ClNS/c1-8-5-10(3)12(6-9(8)2)14(17)15-13(16)11(4)7-18-15/h5-7,14H,17H2,1-4H3. The Hall–Kier alpha value is -0.830. The van der Waals surface area contributed by atoms with E-state index in [-0.39, 0.29) is 6.04 Å². The van der Waals surface area contributed by atoms with Crippen LogP contribution in [0.4, 0.5) is 0 Å². The molecule has 1 nitrogen and oxygen atoms in total.